The number of carbonyl (C=O) groups is 1. The monoisotopic (exact) mass is 269 g/mol. The molecule has 1 aromatic rings. The Kier molecular flexibility index (Phi) is 4.76. The van der Waals surface area contributed by atoms with Crippen molar-refractivity contribution in [3.8, 4) is 0 Å². The molecule has 0 bridgehead atoms. The average Bonchev–Trinajstić information content (AvgIpc) is 2.35. The Labute approximate surface area is 108 Å². The third kappa shape index (κ3) is 3.62. The maximum Gasteiger partial charge on any atom is 0.286 e. The SMILES string of the molecule is CC(C)C(CO)NC(=O)c1cc([N+](=O)[O-])c[nH]c1=O. The fourth-order valence-corrected chi connectivity index (χ4v) is 1.42. The third-order valence-electron chi connectivity index (χ3n) is 2.66. The van der Waals surface area contributed by atoms with Gasteiger partial charge in [0.1, 0.15) is 5.56 Å². The number of hydrogen-bond donors (Lipinski definition) is 3. The lowest BCUT2D eigenvalue weighted by Gasteiger charge is -2.19. The largest absolute Gasteiger partial charge is 0.394 e. The fourth-order valence-electron chi connectivity index (χ4n) is 1.42. The predicted octanol–water partition coefficient (Wildman–Crippen LogP) is 0.0298. The second kappa shape index (κ2) is 6.10. The van der Waals surface area contributed by atoms with E-state index in [-0.39, 0.29) is 23.8 Å². The van der Waals surface area contributed by atoms with Crippen molar-refractivity contribution in [2.45, 2.75) is 19.9 Å². The van der Waals surface area contributed by atoms with Gasteiger partial charge in [0.25, 0.3) is 17.2 Å². The fraction of sp³-hybridized carbons (Fsp3) is 0.455. The highest BCUT2D eigenvalue weighted by Gasteiger charge is 2.20. The molecular weight excluding hydrogens is 254 g/mol. The van der Waals surface area contributed by atoms with Gasteiger partial charge in [-0.25, -0.2) is 0 Å². The third-order valence-corrected chi connectivity index (χ3v) is 2.66. The van der Waals surface area contributed by atoms with Crippen LogP contribution < -0.4 is 10.9 Å². The number of aromatic amines is 1. The van der Waals surface area contributed by atoms with Gasteiger partial charge < -0.3 is 15.4 Å². The van der Waals surface area contributed by atoms with E-state index in [1.807, 2.05) is 0 Å². The average molecular weight is 269 g/mol. The van der Waals surface area contributed by atoms with Crippen LogP contribution in [-0.4, -0.2) is 33.6 Å². The number of amides is 1. The minimum atomic E-state index is -0.752. The second-order valence-corrected chi connectivity index (χ2v) is 4.36. The Morgan fingerprint density at radius 2 is 2.21 bits per heavy atom. The molecule has 0 aliphatic carbocycles. The molecule has 0 saturated carbocycles. The van der Waals surface area contributed by atoms with E-state index in [1.54, 1.807) is 13.8 Å². The molecule has 1 rings (SSSR count). The van der Waals surface area contributed by atoms with Gasteiger partial charge in [-0.05, 0) is 5.92 Å². The highest BCUT2D eigenvalue weighted by molar-refractivity contribution is 5.94. The number of nitrogens with one attached hydrogen (secondary N) is 2. The number of aliphatic hydroxyl groups excluding tert-OH is 1. The van der Waals surface area contributed by atoms with Crippen LogP contribution in [0.15, 0.2) is 17.1 Å². The van der Waals surface area contributed by atoms with Crippen LogP contribution in [0.5, 0.6) is 0 Å². The van der Waals surface area contributed by atoms with Gasteiger partial charge in [0, 0.05) is 6.07 Å². The number of rotatable bonds is 5. The first kappa shape index (κ1) is 14.8. The molecule has 1 amide bonds. The first-order valence-electron chi connectivity index (χ1n) is 5.65. The highest BCUT2D eigenvalue weighted by Crippen LogP contribution is 2.09. The van der Waals surface area contributed by atoms with E-state index in [0.717, 1.165) is 12.3 Å². The van der Waals surface area contributed by atoms with E-state index >= 15 is 0 Å². The molecular formula is C11H15N3O5. The lowest BCUT2D eigenvalue weighted by molar-refractivity contribution is -0.385. The van der Waals surface area contributed by atoms with Gasteiger partial charge in [-0.15, -0.1) is 0 Å². The van der Waals surface area contributed by atoms with Crippen molar-refractivity contribution in [1.82, 2.24) is 10.3 Å². The summed E-state index contributed by atoms with van der Waals surface area (Å²) in [5.74, 6) is -0.788. The Morgan fingerprint density at radius 3 is 2.68 bits per heavy atom. The molecule has 0 spiro atoms. The van der Waals surface area contributed by atoms with Crippen LogP contribution in [0.4, 0.5) is 5.69 Å². The van der Waals surface area contributed by atoms with Gasteiger partial charge >= 0.3 is 0 Å². The summed E-state index contributed by atoms with van der Waals surface area (Å²) in [6, 6.07) is 0.384. The standard InChI is InChI=1S/C11H15N3O5/c1-6(2)9(5-15)13-11(17)8-3-7(14(18)19)4-12-10(8)16/h3-4,6,9,15H,5H2,1-2H3,(H,12,16)(H,13,17). The second-order valence-electron chi connectivity index (χ2n) is 4.36. The first-order chi connectivity index (χ1) is 8.86. The molecule has 1 aromatic heterocycles. The van der Waals surface area contributed by atoms with Gasteiger partial charge in [0.05, 0.1) is 23.8 Å². The number of H-pyrrole nitrogens is 1. The smallest absolute Gasteiger partial charge is 0.286 e. The number of aliphatic hydroxyl groups is 1. The van der Waals surface area contributed by atoms with Crippen molar-refractivity contribution in [1.29, 1.82) is 0 Å². The summed E-state index contributed by atoms with van der Waals surface area (Å²) < 4.78 is 0. The van der Waals surface area contributed by atoms with Gasteiger partial charge in [0.2, 0.25) is 0 Å². The molecule has 1 unspecified atom stereocenters. The van der Waals surface area contributed by atoms with Crippen molar-refractivity contribution < 1.29 is 14.8 Å². The van der Waals surface area contributed by atoms with Gasteiger partial charge in [-0.1, -0.05) is 13.8 Å². The van der Waals surface area contributed by atoms with E-state index in [1.165, 1.54) is 0 Å². The van der Waals surface area contributed by atoms with E-state index in [0.29, 0.717) is 0 Å². The Morgan fingerprint density at radius 1 is 1.58 bits per heavy atom. The molecule has 0 aliphatic heterocycles. The Balaban J connectivity index is 3.02. The summed E-state index contributed by atoms with van der Waals surface area (Å²) >= 11 is 0. The van der Waals surface area contributed by atoms with Crippen molar-refractivity contribution in [2.24, 2.45) is 5.92 Å². The molecule has 0 aromatic carbocycles. The molecule has 0 radical (unpaired) electrons. The van der Waals surface area contributed by atoms with Crippen LogP contribution in [0, 0.1) is 16.0 Å². The molecule has 19 heavy (non-hydrogen) atoms. The number of nitro groups is 1. The zero-order chi connectivity index (χ0) is 14.6. The Hall–Kier alpha value is -2.22. The molecule has 3 N–H and O–H groups in total. The van der Waals surface area contributed by atoms with Crippen LogP contribution in [0.3, 0.4) is 0 Å². The predicted molar refractivity (Wildman–Crippen MR) is 66.9 cm³/mol. The molecule has 1 heterocycles. The summed E-state index contributed by atoms with van der Waals surface area (Å²) in [7, 11) is 0. The quantitative estimate of drug-likeness (QED) is 0.513. The topological polar surface area (TPSA) is 125 Å². The van der Waals surface area contributed by atoms with Gasteiger partial charge in [-0.2, -0.15) is 0 Å². The van der Waals surface area contributed by atoms with Crippen molar-refractivity contribution >= 4 is 11.6 Å². The van der Waals surface area contributed by atoms with Crippen LogP contribution in [-0.2, 0) is 0 Å². The van der Waals surface area contributed by atoms with Crippen LogP contribution in [0.1, 0.15) is 24.2 Å². The number of nitrogens with zero attached hydrogens (tertiary/aromatic N) is 1. The minimum Gasteiger partial charge on any atom is -0.394 e. The zero-order valence-corrected chi connectivity index (χ0v) is 10.5. The molecule has 1 atom stereocenters. The Bertz CT molecular complexity index is 537. The highest BCUT2D eigenvalue weighted by atomic mass is 16.6. The molecule has 8 nitrogen and oxygen atoms in total. The molecule has 8 heteroatoms. The summed E-state index contributed by atoms with van der Waals surface area (Å²) in [4.78, 5) is 35.3. The maximum atomic E-state index is 11.8. The van der Waals surface area contributed by atoms with E-state index in [9.17, 15) is 19.7 Å². The molecule has 0 aliphatic rings. The molecule has 0 saturated heterocycles. The summed E-state index contributed by atoms with van der Waals surface area (Å²) in [5, 5.41) is 22.1. The van der Waals surface area contributed by atoms with Gasteiger partial charge in [-0.3, -0.25) is 19.7 Å². The van der Waals surface area contributed by atoms with Crippen LogP contribution in [0.25, 0.3) is 0 Å². The lowest BCUT2D eigenvalue weighted by atomic mass is 10.1. The molecule has 104 valence electrons. The number of hydrogen-bond acceptors (Lipinski definition) is 5. The van der Waals surface area contributed by atoms with E-state index < -0.39 is 22.4 Å². The lowest BCUT2D eigenvalue weighted by Crippen LogP contribution is -2.42. The van der Waals surface area contributed by atoms with E-state index in [4.69, 9.17) is 5.11 Å². The normalized spacial score (nSPS) is 12.2. The number of pyridine rings is 1. The van der Waals surface area contributed by atoms with Crippen molar-refractivity contribution in [3.63, 3.8) is 0 Å². The van der Waals surface area contributed by atoms with Gasteiger partial charge in [0.15, 0.2) is 0 Å². The summed E-state index contributed by atoms with van der Waals surface area (Å²) in [6.45, 7) is 3.30. The van der Waals surface area contributed by atoms with E-state index in [2.05, 4.69) is 10.3 Å². The maximum absolute atomic E-state index is 11.8. The summed E-state index contributed by atoms with van der Waals surface area (Å²) in [5.41, 5.74) is -1.45. The molecule has 0 fully saturated rings. The van der Waals surface area contributed by atoms with Crippen molar-refractivity contribution in [3.05, 3.63) is 38.3 Å². The van der Waals surface area contributed by atoms with Crippen molar-refractivity contribution in [2.75, 3.05) is 6.61 Å². The number of carbonyl (C=O) groups excluding carboxylic acids is 1. The minimum absolute atomic E-state index is 0.0354. The van der Waals surface area contributed by atoms with Crippen LogP contribution in [0.2, 0.25) is 0 Å². The summed E-state index contributed by atoms with van der Waals surface area (Å²) in [6.07, 6.45) is 0.922. The zero-order valence-electron chi connectivity index (χ0n) is 10.5. The number of aromatic nitrogens is 1. The first-order valence-corrected chi connectivity index (χ1v) is 5.65. The van der Waals surface area contributed by atoms with Crippen LogP contribution >= 0.6 is 0 Å².